The molecule has 6 nitrogen and oxygen atoms in total. The van der Waals surface area contributed by atoms with Crippen molar-refractivity contribution >= 4 is 27.2 Å². The van der Waals surface area contributed by atoms with Crippen molar-refractivity contribution in [3.8, 4) is 0 Å². The summed E-state index contributed by atoms with van der Waals surface area (Å²) in [7, 11) is -3.17. The Morgan fingerprint density at radius 2 is 2.11 bits per heavy atom. The highest BCUT2D eigenvalue weighted by atomic mass is 32.2. The first-order chi connectivity index (χ1) is 8.20. The molecule has 0 heterocycles. The topological polar surface area (TPSA) is 109 Å². The number of carboxylic acid groups (broad SMARTS) is 1. The normalized spacial score (nSPS) is 11.2. The predicted octanol–water partition coefficient (Wildman–Crippen LogP) is 0.563. The van der Waals surface area contributed by atoms with Crippen molar-refractivity contribution in [1.82, 2.24) is 0 Å². The summed E-state index contributed by atoms with van der Waals surface area (Å²) in [5.41, 5.74) is 4.83. The maximum atomic E-state index is 13.4. The Morgan fingerprint density at radius 3 is 2.61 bits per heavy atom. The third kappa shape index (κ3) is 3.88. The molecular weight excluding hydrogens is 263 g/mol. The van der Waals surface area contributed by atoms with E-state index >= 15 is 0 Å². The number of halogens is 1. The molecule has 8 heteroatoms. The van der Waals surface area contributed by atoms with Gasteiger partial charge in [-0.1, -0.05) is 0 Å². The number of aromatic carboxylic acids is 1. The molecule has 0 saturated carbocycles. The second-order valence-corrected chi connectivity index (χ2v) is 6.04. The molecule has 0 radical (unpaired) electrons. The molecule has 100 valence electrons. The minimum Gasteiger partial charge on any atom is -0.478 e. The van der Waals surface area contributed by atoms with Crippen LogP contribution in [-0.4, -0.2) is 38.0 Å². The van der Waals surface area contributed by atoms with Crippen molar-refractivity contribution in [2.45, 2.75) is 0 Å². The zero-order valence-corrected chi connectivity index (χ0v) is 10.4. The first-order valence-electron chi connectivity index (χ1n) is 4.94. The summed E-state index contributed by atoms with van der Waals surface area (Å²) in [6, 6.07) is 1.92. The summed E-state index contributed by atoms with van der Waals surface area (Å²) in [4.78, 5) is 10.8. The molecule has 0 aliphatic carbocycles. The molecule has 0 aliphatic heterocycles. The summed E-state index contributed by atoms with van der Waals surface area (Å²) in [5, 5.41) is 11.3. The van der Waals surface area contributed by atoms with Crippen molar-refractivity contribution < 1.29 is 22.7 Å². The van der Waals surface area contributed by atoms with Gasteiger partial charge in [0.2, 0.25) is 0 Å². The SMILES string of the molecule is CS(=O)(=O)CCNc1cc(C(=O)O)c(N)cc1F. The van der Waals surface area contributed by atoms with Gasteiger partial charge in [-0.2, -0.15) is 0 Å². The van der Waals surface area contributed by atoms with Crippen LogP contribution < -0.4 is 11.1 Å². The third-order valence-electron chi connectivity index (χ3n) is 2.16. The van der Waals surface area contributed by atoms with Crippen LogP contribution in [0.15, 0.2) is 12.1 Å². The molecule has 0 atom stereocenters. The van der Waals surface area contributed by atoms with Gasteiger partial charge in [-0.15, -0.1) is 0 Å². The van der Waals surface area contributed by atoms with Crippen LogP contribution in [0.1, 0.15) is 10.4 Å². The van der Waals surface area contributed by atoms with Crippen molar-refractivity contribution in [1.29, 1.82) is 0 Å². The quantitative estimate of drug-likeness (QED) is 0.678. The van der Waals surface area contributed by atoms with Gasteiger partial charge in [0.05, 0.1) is 17.0 Å². The van der Waals surface area contributed by atoms with Gasteiger partial charge in [-0.05, 0) is 12.1 Å². The lowest BCUT2D eigenvalue weighted by atomic mass is 10.1. The number of benzene rings is 1. The van der Waals surface area contributed by atoms with Crippen molar-refractivity contribution in [2.75, 3.05) is 29.6 Å². The fourth-order valence-corrected chi connectivity index (χ4v) is 1.75. The molecule has 1 rings (SSSR count). The van der Waals surface area contributed by atoms with Gasteiger partial charge < -0.3 is 16.2 Å². The number of carbonyl (C=O) groups is 1. The van der Waals surface area contributed by atoms with Gasteiger partial charge in [0.1, 0.15) is 15.7 Å². The molecule has 1 aromatic rings. The van der Waals surface area contributed by atoms with Crippen LogP contribution >= 0.6 is 0 Å². The molecular formula is C10H13FN2O4S. The largest absolute Gasteiger partial charge is 0.478 e. The van der Waals surface area contributed by atoms with E-state index in [0.29, 0.717) is 0 Å². The second-order valence-electron chi connectivity index (χ2n) is 3.78. The molecule has 0 amide bonds. The van der Waals surface area contributed by atoms with Gasteiger partial charge in [-0.3, -0.25) is 0 Å². The molecule has 0 aliphatic rings. The number of carboxylic acids is 1. The maximum Gasteiger partial charge on any atom is 0.337 e. The number of sulfone groups is 1. The summed E-state index contributed by atoms with van der Waals surface area (Å²) in [6.45, 7) is -0.0151. The van der Waals surface area contributed by atoms with Crippen LogP contribution in [0.4, 0.5) is 15.8 Å². The fraction of sp³-hybridized carbons (Fsp3) is 0.300. The Balaban J connectivity index is 2.89. The number of hydrogen-bond donors (Lipinski definition) is 3. The standard InChI is InChI=1S/C10H13FN2O4S/c1-18(16,17)3-2-13-9-4-6(10(14)15)8(12)5-7(9)11/h4-5,13H,2-3,12H2,1H3,(H,14,15). The van der Waals surface area contributed by atoms with E-state index in [1.807, 2.05) is 0 Å². The summed E-state index contributed by atoms with van der Waals surface area (Å²) < 4.78 is 35.2. The minimum absolute atomic E-state index is 0.0151. The van der Waals surface area contributed by atoms with Gasteiger partial charge in [0, 0.05) is 18.5 Å². The van der Waals surface area contributed by atoms with Crippen LogP contribution in [-0.2, 0) is 9.84 Å². The molecule has 0 spiro atoms. The lowest BCUT2D eigenvalue weighted by Gasteiger charge is -2.09. The van der Waals surface area contributed by atoms with Gasteiger partial charge in [0.15, 0.2) is 0 Å². The molecule has 18 heavy (non-hydrogen) atoms. The smallest absolute Gasteiger partial charge is 0.337 e. The van der Waals surface area contributed by atoms with E-state index in [4.69, 9.17) is 10.8 Å². The zero-order chi connectivity index (χ0) is 13.9. The zero-order valence-electron chi connectivity index (χ0n) is 9.60. The Bertz CT molecular complexity index is 571. The molecule has 1 aromatic carbocycles. The van der Waals surface area contributed by atoms with Crippen molar-refractivity contribution in [3.05, 3.63) is 23.5 Å². The Hall–Kier alpha value is -1.83. The third-order valence-corrected chi connectivity index (χ3v) is 3.10. The van der Waals surface area contributed by atoms with Crippen molar-refractivity contribution in [3.63, 3.8) is 0 Å². The lowest BCUT2D eigenvalue weighted by Crippen LogP contribution is -2.15. The second kappa shape index (κ2) is 5.21. The van der Waals surface area contributed by atoms with Gasteiger partial charge in [0.25, 0.3) is 0 Å². The minimum atomic E-state index is -3.17. The first-order valence-corrected chi connectivity index (χ1v) is 7.00. The van der Waals surface area contributed by atoms with Crippen LogP contribution in [0.3, 0.4) is 0 Å². The van der Waals surface area contributed by atoms with Crippen LogP contribution in [0.5, 0.6) is 0 Å². The molecule has 0 fully saturated rings. The highest BCUT2D eigenvalue weighted by Crippen LogP contribution is 2.22. The van der Waals surface area contributed by atoms with E-state index in [1.54, 1.807) is 0 Å². The number of hydrogen-bond acceptors (Lipinski definition) is 5. The fourth-order valence-electron chi connectivity index (χ4n) is 1.28. The summed E-state index contributed by atoms with van der Waals surface area (Å²) in [6.07, 6.45) is 1.05. The van der Waals surface area contributed by atoms with Crippen LogP contribution in [0.25, 0.3) is 0 Å². The summed E-state index contributed by atoms with van der Waals surface area (Å²) in [5.74, 6) is -2.19. The highest BCUT2D eigenvalue weighted by molar-refractivity contribution is 7.90. The molecule has 0 bridgehead atoms. The van der Waals surface area contributed by atoms with Crippen LogP contribution in [0.2, 0.25) is 0 Å². The number of nitrogens with two attached hydrogens (primary N) is 1. The molecule has 0 unspecified atom stereocenters. The van der Waals surface area contributed by atoms with Gasteiger partial charge in [-0.25, -0.2) is 17.6 Å². The molecule has 0 aromatic heterocycles. The van der Waals surface area contributed by atoms with Crippen LogP contribution in [0, 0.1) is 5.82 Å². The Morgan fingerprint density at radius 1 is 1.50 bits per heavy atom. The Labute approximate surface area is 104 Å². The average molecular weight is 276 g/mol. The van der Waals surface area contributed by atoms with Gasteiger partial charge >= 0.3 is 5.97 Å². The van der Waals surface area contributed by atoms with Crippen molar-refractivity contribution in [2.24, 2.45) is 0 Å². The number of rotatable bonds is 5. The van der Waals surface area contributed by atoms with E-state index in [2.05, 4.69) is 5.32 Å². The summed E-state index contributed by atoms with van der Waals surface area (Å²) >= 11 is 0. The van der Waals surface area contributed by atoms with E-state index in [1.165, 1.54) is 0 Å². The lowest BCUT2D eigenvalue weighted by molar-refractivity contribution is 0.0698. The molecule has 0 saturated heterocycles. The monoisotopic (exact) mass is 276 g/mol. The van der Waals surface area contributed by atoms with E-state index < -0.39 is 21.6 Å². The molecule has 4 N–H and O–H groups in total. The highest BCUT2D eigenvalue weighted by Gasteiger charge is 2.13. The average Bonchev–Trinajstić information content (AvgIpc) is 2.18. The number of nitrogens with one attached hydrogen (secondary N) is 1. The maximum absolute atomic E-state index is 13.4. The number of anilines is 2. The Kier molecular flexibility index (Phi) is 4.12. The first kappa shape index (κ1) is 14.2. The van der Waals surface area contributed by atoms with E-state index in [-0.39, 0.29) is 29.2 Å². The number of nitrogen functional groups attached to an aromatic ring is 1. The predicted molar refractivity (Wildman–Crippen MR) is 66.0 cm³/mol. The van der Waals surface area contributed by atoms with E-state index in [9.17, 15) is 17.6 Å². The van der Waals surface area contributed by atoms with E-state index in [0.717, 1.165) is 18.4 Å².